The first kappa shape index (κ1) is 19.1. The monoisotopic (exact) mass is 364 g/mol. The number of hydrogen-bond donors (Lipinski definition) is 2. The van der Waals surface area contributed by atoms with E-state index in [0.29, 0.717) is 12.0 Å². The Morgan fingerprint density at radius 3 is 2.65 bits per heavy atom. The van der Waals surface area contributed by atoms with E-state index in [-0.39, 0.29) is 29.4 Å². The second kappa shape index (κ2) is 6.20. The quantitative estimate of drug-likeness (QED) is 0.577. The van der Waals surface area contributed by atoms with Crippen LogP contribution in [0.3, 0.4) is 0 Å². The number of carbonyl (C=O) groups excluding carboxylic acids is 2. The van der Waals surface area contributed by atoms with Crippen LogP contribution in [0.4, 0.5) is 0 Å². The molecule has 1 heterocycles. The highest BCUT2D eigenvalue weighted by molar-refractivity contribution is 5.92. The van der Waals surface area contributed by atoms with Crippen LogP contribution < -0.4 is 0 Å². The molecule has 0 aromatic rings. The third-order valence-corrected chi connectivity index (χ3v) is 6.96. The van der Waals surface area contributed by atoms with Gasteiger partial charge in [-0.2, -0.15) is 0 Å². The molecule has 26 heavy (non-hydrogen) atoms. The molecule has 6 nitrogen and oxygen atoms in total. The van der Waals surface area contributed by atoms with E-state index in [1.54, 1.807) is 26.8 Å². The highest BCUT2D eigenvalue weighted by atomic mass is 16.7. The molecule has 0 amide bonds. The summed E-state index contributed by atoms with van der Waals surface area (Å²) in [5.41, 5.74) is 0.439. The van der Waals surface area contributed by atoms with Gasteiger partial charge in [0.2, 0.25) is 5.79 Å². The Morgan fingerprint density at radius 1 is 1.38 bits per heavy atom. The summed E-state index contributed by atoms with van der Waals surface area (Å²) >= 11 is 0. The Balaban J connectivity index is 2.00. The second-order valence-corrected chi connectivity index (χ2v) is 8.19. The van der Waals surface area contributed by atoms with Crippen LogP contribution in [0.15, 0.2) is 22.8 Å². The molecule has 0 aromatic carbocycles. The fourth-order valence-electron chi connectivity index (χ4n) is 4.87. The minimum Gasteiger partial charge on any atom is -0.459 e. The normalized spacial score (nSPS) is 42.9. The van der Waals surface area contributed by atoms with Crippen molar-refractivity contribution >= 4 is 11.9 Å². The molecule has 2 aliphatic carbocycles. The van der Waals surface area contributed by atoms with Crippen molar-refractivity contribution in [2.24, 2.45) is 17.3 Å². The zero-order chi connectivity index (χ0) is 19.4. The van der Waals surface area contributed by atoms with Crippen molar-refractivity contribution in [3.05, 3.63) is 22.8 Å². The van der Waals surface area contributed by atoms with Crippen LogP contribution in [0, 0.1) is 17.3 Å². The molecule has 0 saturated heterocycles. The number of aliphatic hydroxyl groups is 2. The molecule has 6 heteroatoms. The van der Waals surface area contributed by atoms with Crippen LogP contribution in [0.5, 0.6) is 0 Å². The van der Waals surface area contributed by atoms with Gasteiger partial charge >= 0.3 is 11.9 Å². The summed E-state index contributed by atoms with van der Waals surface area (Å²) in [5, 5.41) is 22.1. The van der Waals surface area contributed by atoms with Gasteiger partial charge in [0.25, 0.3) is 0 Å². The van der Waals surface area contributed by atoms with Crippen LogP contribution in [0.2, 0.25) is 0 Å². The Hall–Kier alpha value is -1.66. The van der Waals surface area contributed by atoms with Crippen LogP contribution in [0.1, 0.15) is 53.9 Å². The van der Waals surface area contributed by atoms with Gasteiger partial charge in [-0.1, -0.05) is 19.9 Å². The smallest absolute Gasteiger partial charge is 0.336 e. The van der Waals surface area contributed by atoms with Crippen molar-refractivity contribution in [3.63, 3.8) is 0 Å². The van der Waals surface area contributed by atoms with Gasteiger partial charge in [-0.05, 0) is 39.5 Å². The van der Waals surface area contributed by atoms with Crippen molar-refractivity contribution < 1.29 is 29.3 Å². The molecule has 0 radical (unpaired) electrons. The Morgan fingerprint density at radius 2 is 2.04 bits per heavy atom. The number of esters is 2. The van der Waals surface area contributed by atoms with Crippen molar-refractivity contribution in [2.75, 3.05) is 0 Å². The molecule has 6 atom stereocenters. The predicted molar refractivity (Wildman–Crippen MR) is 93.7 cm³/mol. The lowest BCUT2D eigenvalue weighted by atomic mass is 9.51. The molecule has 6 unspecified atom stereocenters. The first-order valence-corrected chi connectivity index (χ1v) is 9.25. The summed E-state index contributed by atoms with van der Waals surface area (Å²) in [6, 6.07) is 0. The molecule has 3 rings (SSSR count). The number of allylic oxidation sites excluding steroid dienone is 1. The average molecular weight is 364 g/mol. The molecular weight excluding hydrogens is 336 g/mol. The summed E-state index contributed by atoms with van der Waals surface area (Å²) in [7, 11) is 0. The van der Waals surface area contributed by atoms with Gasteiger partial charge in [0.05, 0.1) is 6.10 Å². The van der Waals surface area contributed by atoms with Gasteiger partial charge < -0.3 is 19.7 Å². The lowest BCUT2D eigenvalue weighted by Gasteiger charge is -2.57. The van der Waals surface area contributed by atoms with Crippen LogP contribution in [0.25, 0.3) is 0 Å². The number of carbonyl (C=O) groups is 2. The molecule has 1 aliphatic heterocycles. The SMILES string of the molecule is CC=C(C)C(=O)OC1CCC(C)C2(C)C(O)C3=C(C)C(=O)OC3(O)CC12. The van der Waals surface area contributed by atoms with E-state index in [2.05, 4.69) is 6.92 Å². The summed E-state index contributed by atoms with van der Waals surface area (Å²) in [6.07, 6.45) is 1.78. The van der Waals surface area contributed by atoms with E-state index in [4.69, 9.17) is 9.47 Å². The Labute approximate surface area is 153 Å². The predicted octanol–water partition coefficient (Wildman–Crippen LogP) is 2.24. The molecule has 144 valence electrons. The summed E-state index contributed by atoms with van der Waals surface area (Å²) in [4.78, 5) is 24.3. The lowest BCUT2D eigenvalue weighted by Crippen LogP contribution is -2.62. The second-order valence-electron chi connectivity index (χ2n) is 8.19. The standard InChI is InChI=1S/C20H28O6/c1-6-10(2)17(22)25-14-8-7-11(3)19(5)13(14)9-20(24)15(16(19)21)12(4)18(23)26-20/h6,11,13-14,16,21,24H,7-9H2,1-5H3. The molecule has 0 aromatic heterocycles. The maximum absolute atomic E-state index is 12.3. The van der Waals surface area contributed by atoms with Crippen molar-refractivity contribution in [1.29, 1.82) is 0 Å². The van der Waals surface area contributed by atoms with E-state index < -0.39 is 35.3 Å². The molecular formula is C20H28O6. The molecule has 0 bridgehead atoms. The Kier molecular flexibility index (Phi) is 4.56. The summed E-state index contributed by atoms with van der Waals surface area (Å²) in [5.74, 6) is -2.99. The summed E-state index contributed by atoms with van der Waals surface area (Å²) in [6.45, 7) is 9.05. The average Bonchev–Trinajstić information content (AvgIpc) is 2.81. The maximum atomic E-state index is 12.3. The molecule has 2 fully saturated rings. The number of hydrogen-bond acceptors (Lipinski definition) is 6. The fourth-order valence-corrected chi connectivity index (χ4v) is 4.87. The van der Waals surface area contributed by atoms with E-state index in [0.717, 1.165) is 6.42 Å². The van der Waals surface area contributed by atoms with E-state index in [1.807, 2.05) is 6.92 Å². The number of fused-ring (bicyclic) bond motifs is 2. The minimum atomic E-state index is -1.82. The topological polar surface area (TPSA) is 93.1 Å². The zero-order valence-electron chi connectivity index (χ0n) is 16.0. The number of ether oxygens (including phenoxy) is 2. The highest BCUT2D eigenvalue weighted by Gasteiger charge is 2.65. The summed E-state index contributed by atoms with van der Waals surface area (Å²) < 4.78 is 11.0. The van der Waals surface area contributed by atoms with Crippen LogP contribution in [-0.2, 0) is 19.1 Å². The van der Waals surface area contributed by atoms with Gasteiger partial charge in [0.1, 0.15) is 6.10 Å². The number of rotatable bonds is 2. The van der Waals surface area contributed by atoms with Gasteiger partial charge in [-0.15, -0.1) is 0 Å². The molecule has 3 aliphatic rings. The fraction of sp³-hybridized carbons (Fsp3) is 0.700. The van der Waals surface area contributed by atoms with Crippen LogP contribution >= 0.6 is 0 Å². The molecule has 0 spiro atoms. The largest absolute Gasteiger partial charge is 0.459 e. The Bertz CT molecular complexity index is 707. The highest BCUT2D eigenvalue weighted by Crippen LogP contribution is 2.59. The number of aliphatic hydroxyl groups excluding tert-OH is 1. The van der Waals surface area contributed by atoms with E-state index in [1.165, 1.54) is 0 Å². The van der Waals surface area contributed by atoms with Gasteiger partial charge in [0.15, 0.2) is 0 Å². The van der Waals surface area contributed by atoms with Gasteiger partial charge in [-0.3, -0.25) is 0 Å². The first-order valence-electron chi connectivity index (χ1n) is 9.25. The lowest BCUT2D eigenvalue weighted by molar-refractivity contribution is -0.237. The minimum absolute atomic E-state index is 0.121. The molecule has 2 N–H and O–H groups in total. The van der Waals surface area contributed by atoms with E-state index in [9.17, 15) is 19.8 Å². The van der Waals surface area contributed by atoms with Crippen molar-refractivity contribution in [2.45, 2.75) is 71.9 Å². The van der Waals surface area contributed by atoms with Crippen molar-refractivity contribution in [1.82, 2.24) is 0 Å². The zero-order valence-corrected chi connectivity index (χ0v) is 16.0. The van der Waals surface area contributed by atoms with Crippen LogP contribution in [-0.4, -0.2) is 40.1 Å². The van der Waals surface area contributed by atoms with E-state index >= 15 is 0 Å². The van der Waals surface area contributed by atoms with Gasteiger partial charge in [0, 0.05) is 34.5 Å². The third kappa shape index (κ3) is 2.54. The third-order valence-electron chi connectivity index (χ3n) is 6.96. The molecule has 2 saturated carbocycles. The maximum Gasteiger partial charge on any atom is 0.336 e. The van der Waals surface area contributed by atoms with Gasteiger partial charge in [-0.25, -0.2) is 9.59 Å². The first-order chi connectivity index (χ1) is 12.1. The van der Waals surface area contributed by atoms with Crippen molar-refractivity contribution in [3.8, 4) is 0 Å².